The van der Waals surface area contributed by atoms with Gasteiger partial charge in [-0.15, -0.1) is 0 Å². The second-order valence-corrected chi connectivity index (χ2v) is 27.3. The lowest BCUT2D eigenvalue weighted by atomic mass is 9.49. The number of amides is 1. The molecule has 7 atom stereocenters. The molecule has 3 rings (SSSR count). The Hall–Kier alpha value is -0.386. The third-order valence-corrected chi connectivity index (χ3v) is 22.1. The summed E-state index contributed by atoms with van der Waals surface area (Å²) in [5.74, 6) is -0.933. The van der Waals surface area contributed by atoms with Crippen LogP contribution in [0.5, 0.6) is 0 Å². The van der Waals surface area contributed by atoms with Crippen molar-refractivity contribution in [3.8, 4) is 0 Å². The SMILES string of the molecule is CC(C)(C)[Si](C)(C)OC[C@H]1CC(O[Si](C)(C)C(C)(C)C)CC[C@]1(C)[C@H]1CC[C@]2(C)CCC[C@H]2[C@@H]1CNC(=O)C(F)(F)F. The van der Waals surface area contributed by atoms with Crippen LogP contribution in [0.3, 0.4) is 0 Å². The lowest BCUT2D eigenvalue weighted by molar-refractivity contribution is -0.174. The van der Waals surface area contributed by atoms with Crippen molar-refractivity contribution in [2.24, 2.45) is 34.5 Å². The van der Waals surface area contributed by atoms with E-state index in [1.54, 1.807) is 0 Å². The highest BCUT2D eigenvalue weighted by Crippen LogP contribution is 2.62. The summed E-state index contributed by atoms with van der Waals surface area (Å²) in [6, 6.07) is 0. The monoisotopic (exact) mass is 633 g/mol. The smallest absolute Gasteiger partial charge is 0.417 e. The largest absolute Gasteiger partial charge is 0.471 e. The first-order valence-electron chi connectivity index (χ1n) is 16.5. The van der Waals surface area contributed by atoms with Crippen LogP contribution < -0.4 is 5.32 Å². The average Bonchev–Trinajstić information content (AvgIpc) is 3.22. The van der Waals surface area contributed by atoms with Gasteiger partial charge >= 0.3 is 12.1 Å². The van der Waals surface area contributed by atoms with Crippen LogP contribution in [-0.2, 0) is 13.6 Å². The third kappa shape index (κ3) is 7.52. The van der Waals surface area contributed by atoms with Crippen LogP contribution >= 0.6 is 0 Å². The van der Waals surface area contributed by atoms with Gasteiger partial charge in [-0.3, -0.25) is 4.79 Å². The number of carbonyl (C=O) groups excluding carboxylic acids is 1. The molecule has 0 spiro atoms. The molecule has 3 aliphatic carbocycles. The van der Waals surface area contributed by atoms with Crippen LogP contribution in [0.1, 0.15) is 107 Å². The summed E-state index contributed by atoms with van der Waals surface area (Å²) in [5.41, 5.74) is 0.0590. The Kier molecular flexibility index (Phi) is 10.4. The van der Waals surface area contributed by atoms with E-state index in [0.29, 0.717) is 12.5 Å². The zero-order valence-electron chi connectivity index (χ0n) is 28.8. The average molecular weight is 634 g/mol. The van der Waals surface area contributed by atoms with Crippen LogP contribution in [0.25, 0.3) is 0 Å². The first-order valence-corrected chi connectivity index (χ1v) is 22.3. The summed E-state index contributed by atoms with van der Waals surface area (Å²) < 4.78 is 53.7. The Morgan fingerprint density at radius 2 is 1.45 bits per heavy atom. The van der Waals surface area contributed by atoms with Crippen LogP contribution in [0.2, 0.25) is 36.3 Å². The van der Waals surface area contributed by atoms with Crippen LogP contribution in [0.4, 0.5) is 13.2 Å². The Morgan fingerprint density at radius 3 is 2.00 bits per heavy atom. The minimum absolute atomic E-state index is 0.0378. The lowest BCUT2D eigenvalue weighted by Gasteiger charge is -2.58. The number of rotatable bonds is 8. The zero-order valence-corrected chi connectivity index (χ0v) is 30.8. The maximum atomic E-state index is 13.3. The predicted molar refractivity (Wildman–Crippen MR) is 171 cm³/mol. The van der Waals surface area contributed by atoms with Gasteiger partial charge in [0.2, 0.25) is 0 Å². The maximum absolute atomic E-state index is 13.3. The third-order valence-electron chi connectivity index (χ3n) is 13.0. The van der Waals surface area contributed by atoms with Gasteiger partial charge < -0.3 is 14.2 Å². The van der Waals surface area contributed by atoms with Crippen LogP contribution in [0, 0.1) is 34.5 Å². The van der Waals surface area contributed by atoms with Crippen molar-refractivity contribution in [3.63, 3.8) is 0 Å². The van der Waals surface area contributed by atoms with Crippen molar-refractivity contribution >= 4 is 22.5 Å². The molecule has 1 amide bonds. The summed E-state index contributed by atoms with van der Waals surface area (Å²) in [6.45, 7) is 28.4. The summed E-state index contributed by atoms with van der Waals surface area (Å²) in [6.07, 6.45) is 3.61. The van der Waals surface area contributed by atoms with Gasteiger partial charge in [0.25, 0.3) is 0 Å². The predicted octanol–water partition coefficient (Wildman–Crippen LogP) is 9.72. The molecule has 246 valence electrons. The molecule has 0 saturated heterocycles. The van der Waals surface area contributed by atoms with Gasteiger partial charge in [0, 0.05) is 19.3 Å². The molecule has 3 aliphatic rings. The second kappa shape index (κ2) is 12.1. The van der Waals surface area contributed by atoms with Gasteiger partial charge in [-0.25, -0.2) is 0 Å². The van der Waals surface area contributed by atoms with E-state index in [1.165, 1.54) is 0 Å². The van der Waals surface area contributed by atoms with E-state index < -0.39 is 28.7 Å². The molecule has 0 aromatic rings. The number of halogens is 3. The molecule has 0 bridgehead atoms. The van der Waals surface area contributed by atoms with Crippen molar-refractivity contribution in [2.45, 2.75) is 155 Å². The van der Waals surface area contributed by atoms with Crippen molar-refractivity contribution in [1.29, 1.82) is 0 Å². The second-order valence-electron chi connectivity index (χ2n) is 17.7. The minimum Gasteiger partial charge on any atom is -0.417 e. The quantitative estimate of drug-likeness (QED) is 0.271. The maximum Gasteiger partial charge on any atom is 0.471 e. The molecule has 42 heavy (non-hydrogen) atoms. The van der Waals surface area contributed by atoms with Crippen LogP contribution in [0.15, 0.2) is 0 Å². The first kappa shape index (κ1) is 36.1. The van der Waals surface area contributed by atoms with Gasteiger partial charge in [0.1, 0.15) is 0 Å². The molecule has 3 fully saturated rings. The molecule has 4 nitrogen and oxygen atoms in total. The summed E-state index contributed by atoms with van der Waals surface area (Å²) in [4.78, 5) is 12.0. The van der Waals surface area contributed by atoms with Crippen molar-refractivity contribution in [1.82, 2.24) is 5.32 Å². The Labute approximate surface area is 257 Å². The lowest BCUT2D eigenvalue weighted by Crippen LogP contribution is -2.56. The molecule has 0 aliphatic heterocycles. The molecule has 0 heterocycles. The number of carbonyl (C=O) groups is 1. The molecule has 0 aromatic carbocycles. The normalized spacial score (nSPS) is 35.2. The Morgan fingerprint density at radius 1 is 0.857 bits per heavy atom. The molecule has 1 unspecified atom stereocenters. The number of nitrogens with one attached hydrogen (secondary N) is 1. The fraction of sp³-hybridized carbons (Fsp3) is 0.970. The topological polar surface area (TPSA) is 47.6 Å². The highest BCUT2D eigenvalue weighted by atomic mass is 28.4. The summed E-state index contributed by atoms with van der Waals surface area (Å²) in [7, 11) is -3.98. The standard InChI is InChI=1S/C33H62F3NO3Si2/c1-29(2,3)41(9,10)39-22-23-20-24(40-42(11,12)30(4,5)6)15-19-32(23,8)27-16-18-31(7)17-13-14-26(31)25(27)21-37-28(38)33(34,35)36/h23-27H,13-22H2,1-12H3,(H,37,38)/t23-,24?,25+,26+,27+,31+,32+/m1/s1. The summed E-state index contributed by atoms with van der Waals surface area (Å²) >= 11 is 0. The summed E-state index contributed by atoms with van der Waals surface area (Å²) in [5, 5.41) is 2.57. The van der Waals surface area contributed by atoms with Gasteiger partial charge in [0.15, 0.2) is 16.6 Å². The fourth-order valence-electron chi connectivity index (χ4n) is 8.05. The molecule has 0 radical (unpaired) electrons. The van der Waals surface area contributed by atoms with E-state index in [-0.39, 0.29) is 51.3 Å². The fourth-order valence-corrected chi connectivity index (χ4v) is 10.5. The number of fused-ring (bicyclic) bond motifs is 1. The van der Waals surface area contributed by atoms with E-state index in [0.717, 1.165) is 51.4 Å². The number of hydrogen-bond acceptors (Lipinski definition) is 3. The van der Waals surface area contributed by atoms with E-state index in [2.05, 4.69) is 86.9 Å². The number of hydrogen-bond donors (Lipinski definition) is 1. The Balaban J connectivity index is 1.95. The van der Waals surface area contributed by atoms with Crippen molar-refractivity contribution in [2.75, 3.05) is 13.2 Å². The van der Waals surface area contributed by atoms with E-state index in [1.807, 2.05) is 0 Å². The highest BCUT2D eigenvalue weighted by Gasteiger charge is 2.57. The van der Waals surface area contributed by atoms with Gasteiger partial charge in [-0.2, -0.15) is 13.2 Å². The van der Waals surface area contributed by atoms with Gasteiger partial charge in [-0.1, -0.05) is 61.8 Å². The van der Waals surface area contributed by atoms with Crippen molar-refractivity contribution in [3.05, 3.63) is 0 Å². The first-order chi connectivity index (χ1) is 18.8. The van der Waals surface area contributed by atoms with Gasteiger partial charge in [-0.05, 0) is 116 Å². The van der Waals surface area contributed by atoms with Gasteiger partial charge in [0.05, 0.1) is 0 Å². The molecular weight excluding hydrogens is 572 g/mol. The minimum atomic E-state index is -4.86. The van der Waals surface area contributed by atoms with E-state index >= 15 is 0 Å². The highest BCUT2D eigenvalue weighted by molar-refractivity contribution is 6.74. The molecule has 1 N–H and O–H groups in total. The molecule has 9 heteroatoms. The van der Waals surface area contributed by atoms with E-state index in [9.17, 15) is 18.0 Å². The zero-order chi connectivity index (χ0) is 32.2. The van der Waals surface area contributed by atoms with Crippen LogP contribution in [-0.4, -0.2) is 48.0 Å². The molecule has 0 aromatic heterocycles. The van der Waals surface area contributed by atoms with Crippen molar-refractivity contribution < 1.29 is 26.8 Å². The molecule has 3 saturated carbocycles. The number of alkyl halides is 3. The Bertz CT molecular complexity index is 958. The van der Waals surface area contributed by atoms with E-state index in [4.69, 9.17) is 8.85 Å². The molecular formula is C33H62F3NO3Si2.